The number of ether oxygens (including phenoxy) is 1. The highest BCUT2D eigenvalue weighted by Crippen LogP contribution is 2.26. The molecule has 1 aromatic rings. The summed E-state index contributed by atoms with van der Waals surface area (Å²) in [6.45, 7) is 1.93. The van der Waals surface area contributed by atoms with Gasteiger partial charge < -0.3 is 15.2 Å². The second-order valence-corrected chi connectivity index (χ2v) is 7.32. The Bertz CT molecular complexity index is 553. The molecule has 25 heavy (non-hydrogen) atoms. The van der Waals surface area contributed by atoms with Crippen molar-refractivity contribution in [2.75, 3.05) is 20.2 Å². The number of aliphatic hydroxyl groups is 1. The van der Waals surface area contributed by atoms with Crippen LogP contribution in [0.1, 0.15) is 44.1 Å². The minimum Gasteiger partial charge on any atom is -0.497 e. The molecule has 0 bridgehead atoms. The summed E-state index contributed by atoms with van der Waals surface area (Å²) in [4.78, 5) is 14.7. The standard InChI is InChI=1S/C20H30N2O3/c1-25-17-8-6-15(7-9-17)14-20(24)21-16-10-12-22(13-11-16)18-4-2-3-5-19(18)23/h6-9,16,18-19,23H,2-5,10-14H2,1H3,(H,21,24). The number of benzene rings is 1. The summed E-state index contributed by atoms with van der Waals surface area (Å²) in [5.74, 6) is 0.891. The van der Waals surface area contributed by atoms with E-state index in [2.05, 4.69) is 10.2 Å². The summed E-state index contributed by atoms with van der Waals surface area (Å²) in [5.41, 5.74) is 1.00. The van der Waals surface area contributed by atoms with Gasteiger partial charge in [-0.1, -0.05) is 25.0 Å². The predicted molar refractivity (Wildman–Crippen MR) is 97.7 cm³/mol. The van der Waals surface area contributed by atoms with Gasteiger partial charge in [-0.2, -0.15) is 0 Å². The molecule has 0 radical (unpaired) electrons. The third kappa shape index (κ3) is 4.95. The van der Waals surface area contributed by atoms with Crippen molar-refractivity contribution in [3.8, 4) is 5.75 Å². The topological polar surface area (TPSA) is 61.8 Å². The van der Waals surface area contributed by atoms with Gasteiger partial charge in [0.25, 0.3) is 0 Å². The van der Waals surface area contributed by atoms with E-state index < -0.39 is 0 Å². The van der Waals surface area contributed by atoms with E-state index in [-0.39, 0.29) is 18.1 Å². The number of nitrogens with one attached hydrogen (secondary N) is 1. The number of hydrogen-bond donors (Lipinski definition) is 2. The molecular formula is C20H30N2O3. The van der Waals surface area contributed by atoms with E-state index in [1.807, 2.05) is 24.3 Å². The van der Waals surface area contributed by atoms with Crippen molar-refractivity contribution in [1.82, 2.24) is 10.2 Å². The molecule has 2 aliphatic rings. The fourth-order valence-electron chi connectivity index (χ4n) is 4.10. The van der Waals surface area contributed by atoms with Crippen LogP contribution in [0.4, 0.5) is 0 Å². The fraction of sp³-hybridized carbons (Fsp3) is 0.650. The first-order valence-corrected chi connectivity index (χ1v) is 9.50. The van der Waals surface area contributed by atoms with E-state index in [4.69, 9.17) is 4.74 Å². The average molecular weight is 346 g/mol. The smallest absolute Gasteiger partial charge is 0.224 e. The quantitative estimate of drug-likeness (QED) is 0.857. The molecule has 5 nitrogen and oxygen atoms in total. The Morgan fingerprint density at radius 3 is 2.48 bits per heavy atom. The lowest BCUT2D eigenvalue weighted by atomic mass is 9.89. The number of carbonyl (C=O) groups is 1. The number of aliphatic hydroxyl groups excluding tert-OH is 1. The van der Waals surface area contributed by atoms with E-state index in [9.17, 15) is 9.90 Å². The van der Waals surface area contributed by atoms with Gasteiger partial charge in [0, 0.05) is 25.2 Å². The Morgan fingerprint density at radius 1 is 1.16 bits per heavy atom. The molecule has 1 aliphatic heterocycles. The van der Waals surface area contributed by atoms with Crippen LogP contribution >= 0.6 is 0 Å². The van der Waals surface area contributed by atoms with Gasteiger partial charge in [-0.3, -0.25) is 9.69 Å². The van der Waals surface area contributed by atoms with Crippen molar-refractivity contribution in [3.05, 3.63) is 29.8 Å². The number of likely N-dealkylation sites (tertiary alicyclic amines) is 1. The summed E-state index contributed by atoms with van der Waals surface area (Å²) >= 11 is 0. The van der Waals surface area contributed by atoms with Gasteiger partial charge in [0.1, 0.15) is 5.75 Å². The lowest BCUT2D eigenvalue weighted by Gasteiger charge is -2.41. The van der Waals surface area contributed by atoms with Crippen LogP contribution in [0.5, 0.6) is 5.75 Å². The zero-order valence-electron chi connectivity index (χ0n) is 15.1. The Hall–Kier alpha value is -1.59. The lowest BCUT2D eigenvalue weighted by Crippen LogP contribution is -2.52. The minimum atomic E-state index is -0.171. The highest BCUT2D eigenvalue weighted by molar-refractivity contribution is 5.78. The van der Waals surface area contributed by atoms with Gasteiger partial charge >= 0.3 is 0 Å². The Balaban J connectivity index is 1.42. The number of nitrogens with zero attached hydrogens (tertiary/aromatic N) is 1. The van der Waals surface area contributed by atoms with Crippen LogP contribution in [0.25, 0.3) is 0 Å². The molecule has 1 saturated heterocycles. The normalized spacial score (nSPS) is 25.5. The summed E-state index contributed by atoms with van der Waals surface area (Å²) < 4.78 is 5.14. The molecule has 1 aromatic carbocycles. The minimum absolute atomic E-state index is 0.0846. The average Bonchev–Trinajstić information content (AvgIpc) is 2.63. The second kappa shape index (κ2) is 8.68. The summed E-state index contributed by atoms with van der Waals surface area (Å²) in [6.07, 6.45) is 6.59. The Kier molecular flexibility index (Phi) is 6.32. The van der Waals surface area contributed by atoms with Crippen LogP contribution in [0, 0.1) is 0 Å². The number of hydrogen-bond acceptors (Lipinski definition) is 4. The van der Waals surface area contributed by atoms with Crippen molar-refractivity contribution in [1.29, 1.82) is 0 Å². The predicted octanol–water partition coefficient (Wildman–Crippen LogP) is 2.12. The lowest BCUT2D eigenvalue weighted by molar-refractivity contribution is -0.121. The van der Waals surface area contributed by atoms with Gasteiger partial charge in [-0.05, 0) is 43.4 Å². The van der Waals surface area contributed by atoms with Crippen LogP contribution in [0.2, 0.25) is 0 Å². The van der Waals surface area contributed by atoms with Gasteiger partial charge in [-0.25, -0.2) is 0 Å². The van der Waals surface area contributed by atoms with Gasteiger partial charge in [0.2, 0.25) is 5.91 Å². The van der Waals surface area contributed by atoms with E-state index >= 15 is 0 Å². The van der Waals surface area contributed by atoms with Crippen LogP contribution in [-0.2, 0) is 11.2 Å². The molecule has 5 heteroatoms. The summed E-state index contributed by atoms with van der Waals surface area (Å²) in [6, 6.07) is 8.22. The highest BCUT2D eigenvalue weighted by Gasteiger charge is 2.31. The molecule has 2 N–H and O–H groups in total. The molecule has 1 heterocycles. The largest absolute Gasteiger partial charge is 0.497 e. The first kappa shape index (κ1) is 18.2. The van der Waals surface area contributed by atoms with Crippen LogP contribution < -0.4 is 10.1 Å². The second-order valence-electron chi connectivity index (χ2n) is 7.32. The van der Waals surface area contributed by atoms with Crippen molar-refractivity contribution in [2.45, 2.75) is 63.1 Å². The molecule has 0 aromatic heterocycles. The van der Waals surface area contributed by atoms with Crippen molar-refractivity contribution >= 4 is 5.91 Å². The molecule has 138 valence electrons. The van der Waals surface area contributed by atoms with E-state index in [0.717, 1.165) is 56.5 Å². The number of methoxy groups -OCH3 is 1. The van der Waals surface area contributed by atoms with E-state index in [0.29, 0.717) is 12.5 Å². The van der Waals surface area contributed by atoms with E-state index in [1.165, 1.54) is 6.42 Å². The number of rotatable bonds is 5. The monoisotopic (exact) mass is 346 g/mol. The molecule has 1 amide bonds. The molecule has 1 saturated carbocycles. The first-order chi connectivity index (χ1) is 12.2. The molecule has 2 unspecified atom stereocenters. The van der Waals surface area contributed by atoms with Gasteiger partial charge in [0.05, 0.1) is 19.6 Å². The molecule has 3 rings (SSSR count). The molecule has 2 atom stereocenters. The summed E-state index contributed by atoms with van der Waals surface area (Å²) in [5, 5.41) is 13.4. The third-order valence-electron chi connectivity index (χ3n) is 5.58. The Labute approximate surface area is 150 Å². The van der Waals surface area contributed by atoms with Crippen LogP contribution in [0.15, 0.2) is 24.3 Å². The van der Waals surface area contributed by atoms with Crippen molar-refractivity contribution in [2.24, 2.45) is 0 Å². The molecule has 2 fully saturated rings. The maximum atomic E-state index is 12.3. The summed E-state index contributed by atoms with van der Waals surface area (Å²) in [7, 11) is 1.64. The van der Waals surface area contributed by atoms with Crippen LogP contribution in [-0.4, -0.2) is 54.3 Å². The molecule has 0 spiro atoms. The highest BCUT2D eigenvalue weighted by atomic mass is 16.5. The van der Waals surface area contributed by atoms with Gasteiger partial charge in [0.15, 0.2) is 0 Å². The van der Waals surface area contributed by atoms with Crippen LogP contribution in [0.3, 0.4) is 0 Å². The van der Waals surface area contributed by atoms with E-state index in [1.54, 1.807) is 7.11 Å². The zero-order valence-corrected chi connectivity index (χ0v) is 15.1. The Morgan fingerprint density at radius 2 is 1.84 bits per heavy atom. The van der Waals surface area contributed by atoms with Crippen molar-refractivity contribution in [3.63, 3.8) is 0 Å². The first-order valence-electron chi connectivity index (χ1n) is 9.50. The van der Waals surface area contributed by atoms with Gasteiger partial charge in [-0.15, -0.1) is 0 Å². The molecule has 1 aliphatic carbocycles. The maximum Gasteiger partial charge on any atom is 0.224 e. The van der Waals surface area contributed by atoms with Crippen molar-refractivity contribution < 1.29 is 14.6 Å². The maximum absolute atomic E-state index is 12.3. The third-order valence-corrected chi connectivity index (χ3v) is 5.58. The SMILES string of the molecule is COc1ccc(CC(=O)NC2CCN(C3CCCCC3O)CC2)cc1. The number of piperidine rings is 1. The number of carbonyl (C=O) groups excluding carboxylic acids is 1. The number of amides is 1. The zero-order chi connectivity index (χ0) is 17.6. The molecular weight excluding hydrogens is 316 g/mol. The fourth-order valence-corrected chi connectivity index (χ4v) is 4.10.